The van der Waals surface area contributed by atoms with E-state index < -0.39 is 0 Å². The van der Waals surface area contributed by atoms with Gasteiger partial charge in [0.2, 0.25) is 0 Å². The van der Waals surface area contributed by atoms with E-state index in [0.717, 1.165) is 5.56 Å². The van der Waals surface area contributed by atoms with Gasteiger partial charge in [-0.15, -0.1) is 11.8 Å². The quantitative estimate of drug-likeness (QED) is 0.788. The number of thioether (sulfide) groups is 1. The maximum atomic E-state index is 10.2. The summed E-state index contributed by atoms with van der Waals surface area (Å²) < 4.78 is 0. The summed E-state index contributed by atoms with van der Waals surface area (Å²) in [6.45, 7) is 0. The highest BCUT2D eigenvalue weighted by molar-refractivity contribution is 7.98. The second-order valence-electron chi connectivity index (χ2n) is 4.26. The molecule has 1 aliphatic carbocycles. The first-order chi connectivity index (χ1) is 7.31. The van der Waals surface area contributed by atoms with Gasteiger partial charge < -0.3 is 5.11 Å². The second-order valence-corrected chi connectivity index (χ2v) is 5.14. The van der Waals surface area contributed by atoms with Gasteiger partial charge >= 0.3 is 0 Å². The molecule has 0 aromatic heterocycles. The van der Waals surface area contributed by atoms with Crippen LogP contribution in [0.4, 0.5) is 0 Å². The minimum Gasteiger partial charge on any atom is -0.388 e. The Morgan fingerprint density at radius 2 is 1.80 bits per heavy atom. The molecule has 2 heteroatoms. The fourth-order valence-corrected chi connectivity index (χ4v) is 2.75. The van der Waals surface area contributed by atoms with Crippen molar-refractivity contribution in [2.24, 2.45) is 5.92 Å². The molecule has 0 aliphatic heterocycles. The first-order valence-electron chi connectivity index (χ1n) is 5.63. The van der Waals surface area contributed by atoms with Crippen LogP contribution in [0.15, 0.2) is 29.2 Å². The van der Waals surface area contributed by atoms with Gasteiger partial charge in [0, 0.05) is 4.90 Å². The van der Waals surface area contributed by atoms with Gasteiger partial charge in [-0.25, -0.2) is 0 Å². The number of aliphatic hydroxyl groups is 1. The van der Waals surface area contributed by atoms with Gasteiger partial charge in [0.05, 0.1) is 6.10 Å². The fourth-order valence-electron chi connectivity index (χ4n) is 2.35. The SMILES string of the molecule is CSc1ccc(C(O)C2CCCC2)cc1. The average molecular weight is 222 g/mol. The van der Waals surface area contributed by atoms with Crippen molar-refractivity contribution in [3.05, 3.63) is 29.8 Å². The summed E-state index contributed by atoms with van der Waals surface area (Å²) in [5.41, 5.74) is 1.08. The van der Waals surface area contributed by atoms with Gasteiger partial charge in [-0.1, -0.05) is 25.0 Å². The zero-order chi connectivity index (χ0) is 10.7. The minimum absolute atomic E-state index is 0.247. The maximum absolute atomic E-state index is 10.2. The van der Waals surface area contributed by atoms with Crippen LogP contribution in [0.3, 0.4) is 0 Å². The van der Waals surface area contributed by atoms with Crippen molar-refractivity contribution in [1.29, 1.82) is 0 Å². The highest BCUT2D eigenvalue weighted by atomic mass is 32.2. The number of hydrogen-bond acceptors (Lipinski definition) is 2. The van der Waals surface area contributed by atoms with Gasteiger partial charge in [0.25, 0.3) is 0 Å². The van der Waals surface area contributed by atoms with Crippen molar-refractivity contribution in [1.82, 2.24) is 0 Å². The summed E-state index contributed by atoms with van der Waals surface area (Å²) in [6, 6.07) is 8.32. The minimum atomic E-state index is -0.247. The van der Waals surface area contributed by atoms with Gasteiger partial charge in [-0.2, -0.15) is 0 Å². The maximum Gasteiger partial charge on any atom is 0.0818 e. The summed E-state index contributed by atoms with van der Waals surface area (Å²) in [5.74, 6) is 0.491. The molecule has 0 heterocycles. The molecule has 0 radical (unpaired) electrons. The summed E-state index contributed by atoms with van der Waals surface area (Å²) in [5, 5.41) is 10.2. The third-order valence-corrected chi connectivity index (χ3v) is 4.05. The fraction of sp³-hybridized carbons (Fsp3) is 0.538. The molecule has 2 rings (SSSR count). The van der Waals surface area contributed by atoms with E-state index >= 15 is 0 Å². The number of aliphatic hydroxyl groups excluding tert-OH is 1. The van der Waals surface area contributed by atoms with E-state index in [1.54, 1.807) is 11.8 Å². The molecule has 1 nitrogen and oxygen atoms in total. The Balaban J connectivity index is 2.07. The number of hydrogen-bond donors (Lipinski definition) is 1. The molecule has 82 valence electrons. The van der Waals surface area contributed by atoms with Crippen LogP contribution in [0.2, 0.25) is 0 Å². The third-order valence-electron chi connectivity index (χ3n) is 3.30. The van der Waals surface area contributed by atoms with Crippen molar-refractivity contribution in [2.75, 3.05) is 6.26 Å². The summed E-state index contributed by atoms with van der Waals surface area (Å²) in [7, 11) is 0. The lowest BCUT2D eigenvalue weighted by atomic mass is 9.95. The summed E-state index contributed by atoms with van der Waals surface area (Å²) >= 11 is 1.74. The van der Waals surface area contributed by atoms with Crippen LogP contribution in [-0.4, -0.2) is 11.4 Å². The first-order valence-corrected chi connectivity index (χ1v) is 6.86. The molecule has 15 heavy (non-hydrogen) atoms. The number of rotatable bonds is 3. The van der Waals surface area contributed by atoms with Crippen LogP contribution in [-0.2, 0) is 0 Å². The van der Waals surface area contributed by atoms with Gasteiger partial charge in [0.15, 0.2) is 0 Å². The Kier molecular flexibility index (Phi) is 3.71. The zero-order valence-corrected chi connectivity index (χ0v) is 9.96. The second kappa shape index (κ2) is 5.04. The van der Waals surface area contributed by atoms with Crippen molar-refractivity contribution in [2.45, 2.75) is 36.7 Å². The largest absolute Gasteiger partial charge is 0.388 e. The Morgan fingerprint density at radius 3 is 2.33 bits per heavy atom. The Hall–Kier alpha value is -0.470. The molecule has 1 aromatic rings. The molecular formula is C13H18OS. The monoisotopic (exact) mass is 222 g/mol. The van der Waals surface area contributed by atoms with Crippen LogP contribution in [0.1, 0.15) is 37.4 Å². The molecule has 1 saturated carbocycles. The lowest BCUT2D eigenvalue weighted by Crippen LogP contribution is -2.08. The molecular weight excluding hydrogens is 204 g/mol. The van der Waals surface area contributed by atoms with Crippen LogP contribution >= 0.6 is 11.8 Å². The Bertz CT molecular complexity index is 301. The van der Waals surface area contributed by atoms with Crippen LogP contribution in [0, 0.1) is 5.92 Å². The van der Waals surface area contributed by atoms with Crippen molar-refractivity contribution in [3.8, 4) is 0 Å². The normalized spacial score (nSPS) is 19.3. The molecule has 1 aliphatic rings. The average Bonchev–Trinajstić information content (AvgIpc) is 2.82. The first kappa shape index (κ1) is 11.0. The van der Waals surface area contributed by atoms with Gasteiger partial charge in [-0.3, -0.25) is 0 Å². The van der Waals surface area contributed by atoms with E-state index in [1.807, 2.05) is 0 Å². The molecule has 1 atom stereocenters. The molecule has 1 unspecified atom stereocenters. The molecule has 0 amide bonds. The highest BCUT2D eigenvalue weighted by Crippen LogP contribution is 2.35. The van der Waals surface area contributed by atoms with Crippen LogP contribution in [0.5, 0.6) is 0 Å². The summed E-state index contributed by atoms with van der Waals surface area (Å²) in [4.78, 5) is 1.26. The van der Waals surface area contributed by atoms with E-state index in [-0.39, 0.29) is 6.10 Å². The molecule has 1 N–H and O–H groups in total. The lowest BCUT2D eigenvalue weighted by molar-refractivity contribution is 0.111. The predicted molar refractivity (Wildman–Crippen MR) is 65.1 cm³/mol. The molecule has 0 saturated heterocycles. The van der Waals surface area contributed by atoms with Gasteiger partial charge in [0.1, 0.15) is 0 Å². The predicted octanol–water partition coefficient (Wildman–Crippen LogP) is 3.63. The zero-order valence-electron chi connectivity index (χ0n) is 9.15. The van der Waals surface area contributed by atoms with Gasteiger partial charge in [-0.05, 0) is 42.7 Å². The molecule has 1 fully saturated rings. The molecule has 0 bridgehead atoms. The third kappa shape index (κ3) is 2.56. The van der Waals surface area contributed by atoms with Crippen molar-refractivity contribution >= 4 is 11.8 Å². The van der Waals surface area contributed by atoms with E-state index in [4.69, 9.17) is 0 Å². The van der Waals surface area contributed by atoms with E-state index in [0.29, 0.717) is 5.92 Å². The lowest BCUT2D eigenvalue weighted by Gasteiger charge is -2.18. The van der Waals surface area contributed by atoms with E-state index in [9.17, 15) is 5.11 Å². The van der Waals surface area contributed by atoms with Crippen molar-refractivity contribution in [3.63, 3.8) is 0 Å². The smallest absolute Gasteiger partial charge is 0.0818 e. The van der Waals surface area contributed by atoms with Crippen LogP contribution < -0.4 is 0 Å². The van der Waals surface area contributed by atoms with Crippen molar-refractivity contribution < 1.29 is 5.11 Å². The Morgan fingerprint density at radius 1 is 1.20 bits per heavy atom. The van der Waals surface area contributed by atoms with E-state index in [1.165, 1.54) is 30.6 Å². The Labute approximate surface area is 95.9 Å². The molecule has 0 spiro atoms. The van der Waals surface area contributed by atoms with Crippen LogP contribution in [0.25, 0.3) is 0 Å². The standard InChI is InChI=1S/C13H18OS/c1-15-12-8-6-11(7-9-12)13(14)10-4-2-3-5-10/h6-10,13-14H,2-5H2,1H3. The van der Waals surface area contributed by atoms with E-state index in [2.05, 4.69) is 30.5 Å². The topological polar surface area (TPSA) is 20.2 Å². The number of benzene rings is 1. The highest BCUT2D eigenvalue weighted by Gasteiger charge is 2.24. The molecule has 1 aromatic carbocycles. The summed E-state index contributed by atoms with van der Waals surface area (Å²) in [6.07, 6.45) is 6.76.